The molecule has 1 heterocycles. The summed E-state index contributed by atoms with van der Waals surface area (Å²) in [5.41, 5.74) is 1.61. The van der Waals surface area contributed by atoms with Crippen LogP contribution in [0.1, 0.15) is 31.1 Å². The van der Waals surface area contributed by atoms with Gasteiger partial charge in [0.15, 0.2) is 12.4 Å². The molecule has 0 aliphatic carbocycles. The van der Waals surface area contributed by atoms with Crippen molar-refractivity contribution in [2.45, 2.75) is 31.9 Å². The van der Waals surface area contributed by atoms with Gasteiger partial charge in [0.25, 0.3) is 5.91 Å². The summed E-state index contributed by atoms with van der Waals surface area (Å²) in [4.78, 5) is 11.5. The van der Waals surface area contributed by atoms with E-state index in [1.165, 1.54) is 6.07 Å². The van der Waals surface area contributed by atoms with Gasteiger partial charge in [0, 0.05) is 17.6 Å². The molecule has 0 unspecified atom stereocenters. The summed E-state index contributed by atoms with van der Waals surface area (Å²) in [7, 11) is 1.64. The van der Waals surface area contributed by atoms with Crippen LogP contribution in [0.15, 0.2) is 36.4 Å². The van der Waals surface area contributed by atoms with Gasteiger partial charge in [0.2, 0.25) is 0 Å². The fourth-order valence-corrected chi connectivity index (χ4v) is 3.24. The van der Waals surface area contributed by atoms with Crippen LogP contribution in [0.5, 0.6) is 17.2 Å². The van der Waals surface area contributed by atoms with Crippen LogP contribution in [0.2, 0.25) is 0 Å². The van der Waals surface area contributed by atoms with Crippen LogP contribution in [0.4, 0.5) is 5.69 Å². The minimum absolute atomic E-state index is 0.0909. The number of carbonyl (C=O) groups excluding carboxylic acids is 1. The minimum atomic E-state index is -0.862. The Morgan fingerprint density at radius 3 is 2.64 bits per heavy atom. The number of ether oxygens (including phenoxy) is 2. The zero-order chi connectivity index (χ0) is 20.3. The normalized spacial score (nSPS) is 14.6. The third kappa shape index (κ3) is 4.55. The van der Waals surface area contributed by atoms with Crippen molar-refractivity contribution in [3.63, 3.8) is 0 Å². The summed E-state index contributed by atoms with van der Waals surface area (Å²) < 4.78 is 10.6. The van der Waals surface area contributed by atoms with Crippen molar-refractivity contribution in [1.82, 2.24) is 5.32 Å². The van der Waals surface area contributed by atoms with Crippen molar-refractivity contribution in [2.75, 3.05) is 25.6 Å². The van der Waals surface area contributed by atoms with Gasteiger partial charge >= 0.3 is 0 Å². The first-order valence-electron chi connectivity index (χ1n) is 9.13. The van der Waals surface area contributed by atoms with Crippen LogP contribution in [-0.2, 0) is 11.2 Å². The number of phenolic OH excluding ortho intramolecular Hbond substituents is 1. The van der Waals surface area contributed by atoms with E-state index in [4.69, 9.17) is 9.47 Å². The average molecular weight is 386 g/mol. The molecule has 0 saturated carbocycles. The lowest BCUT2D eigenvalue weighted by Crippen LogP contribution is -2.43. The lowest BCUT2D eigenvalue weighted by atomic mass is 9.94. The van der Waals surface area contributed by atoms with Gasteiger partial charge in [-0.25, -0.2) is 0 Å². The molecule has 0 fully saturated rings. The van der Waals surface area contributed by atoms with Gasteiger partial charge in [-0.15, -0.1) is 0 Å². The Morgan fingerprint density at radius 2 is 1.96 bits per heavy atom. The Labute approximate surface area is 164 Å². The predicted molar refractivity (Wildman–Crippen MR) is 106 cm³/mol. The monoisotopic (exact) mass is 386 g/mol. The summed E-state index contributed by atoms with van der Waals surface area (Å²) in [6, 6.07) is 10.9. The van der Waals surface area contributed by atoms with E-state index >= 15 is 0 Å². The fourth-order valence-electron chi connectivity index (χ4n) is 3.24. The number of hydrogen-bond acceptors (Lipinski definition) is 6. The van der Waals surface area contributed by atoms with Gasteiger partial charge in [0.1, 0.15) is 17.2 Å². The molecule has 150 valence electrons. The second-order valence-corrected chi connectivity index (χ2v) is 7.52. The van der Waals surface area contributed by atoms with E-state index in [2.05, 4.69) is 24.5 Å². The Bertz CT molecular complexity index is 849. The molecular formula is C21H26N2O5. The molecule has 3 rings (SSSR count). The molecule has 2 aromatic rings. The number of amides is 1. The number of carbonyl (C=O) groups is 1. The van der Waals surface area contributed by atoms with E-state index in [0.717, 1.165) is 17.7 Å². The SMILES string of the molecule is COc1ccc(CC(C)(C)NC[C@@H](O)c2ccc(O)c3c2OCC(=O)N3)cc1. The van der Waals surface area contributed by atoms with E-state index in [-0.39, 0.29) is 36.0 Å². The molecule has 0 radical (unpaired) electrons. The molecule has 0 bridgehead atoms. The number of aliphatic hydroxyl groups is 1. The van der Waals surface area contributed by atoms with Gasteiger partial charge in [-0.05, 0) is 50.1 Å². The number of aromatic hydroxyl groups is 1. The molecule has 1 amide bonds. The lowest BCUT2D eigenvalue weighted by Gasteiger charge is -2.29. The summed E-state index contributed by atoms with van der Waals surface area (Å²) in [6.07, 6.45) is -0.0938. The minimum Gasteiger partial charge on any atom is -0.506 e. The molecule has 1 atom stereocenters. The molecule has 1 aliphatic heterocycles. The number of β-amino-alcohol motifs (C(OH)–C–C–N with tert-alkyl or cyclic N) is 1. The molecule has 4 N–H and O–H groups in total. The van der Waals surface area contributed by atoms with Crippen molar-refractivity contribution >= 4 is 11.6 Å². The summed E-state index contributed by atoms with van der Waals surface area (Å²) in [6.45, 7) is 4.27. The van der Waals surface area contributed by atoms with Crippen LogP contribution < -0.4 is 20.1 Å². The maximum Gasteiger partial charge on any atom is 0.262 e. The van der Waals surface area contributed by atoms with Crippen molar-refractivity contribution in [3.05, 3.63) is 47.5 Å². The molecule has 0 aromatic heterocycles. The van der Waals surface area contributed by atoms with E-state index in [1.807, 2.05) is 24.3 Å². The first kappa shape index (κ1) is 20.0. The largest absolute Gasteiger partial charge is 0.506 e. The highest BCUT2D eigenvalue weighted by Crippen LogP contribution is 2.41. The molecule has 0 spiro atoms. The highest BCUT2D eigenvalue weighted by molar-refractivity contribution is 5.97. The molecule has 2 aromatic carbocycles. The maximum absolute atomic E-state index is 11.5. The number of benzene rings is 2. The van der Waals surface area contributed by atoms with Crippen LogP contribution in [0, 0.1) is 0 Å². The smallest absolute Gasteiger partial charge is 0.262 e. The van der Waals surface area contributed by atoms with Crippen molar-refractivity contribution in [1.29, 1.82) is 0 Å². The first-order chi connectivity index (χ1) is 13.3. The number of nitrogens with one attached hydrogen (secondary N) is 2. The van der Waals surface area contributed by atoms with Crippen LogP contribution >= 0.6 is 0 Å². The fraction of sp³-hybridized carbons (Fsp3) is 0.381. The molecule has 0 saturated heterocycles. The maximum atomic E-state index is 11.5. The molecule has 28 heavy (non-hydrogen) atoms. The Kier molecular flexibility index (Phi) is 5.76. The third-order valence-electron chi connectivity index (χ3n) is 4.72. The van der Waals surface area contributed by atoms with Crippen molar-refractivity contribution in [2.24, 2.45) is 0 Å². The molecule has 7 nitrogen and oxygen atoms in total. The second-order valence-electron chi connectivity index (χ2n) is 7.52. The first-order valence-corrected chi connectivity index (χ1v) is 9.13. The van der Waals surface area contributed by atoms with E-state index in [9.17, 15) is 15.0 Å². The van der Waals surface area contributed by atoms with Gasteiger partial charge < -0.3 is 30.3 Å². The van der Waals surface area contributed by atoms with Crippen LogP contribution in [0.25, 0.3) is 0 Å². The zero-order valence-electron chi connectivity index (χ0n) is 16.3. The number of fused-ring (bicyclic) bond motifs is 1. The number of rotatable bonds is 7. The van der Waals surface area contributed by atoms with Crippen LogP contribution in [-0.4, -0.2) is 41.9 Å². The lowest BCUT2D eigenvalue weighted by molar-refractivity contribution is -0.118. The standard InChI is InChI=1S/C21H26N2O5/c1-21(2,10-13-4-6-14(27-3)7-5-13)22-11-17(25)15-8-9-16(24)19-20(15)28-12-18(26)23-19/h4-9,17,22,24-25H,10-12H2,1-3H3,(H,23,26)/t17-/m1/s1. The highest BCUT2D eigenvalue weighted by atomic mass is 16.5. The number of methoxy groups -OCH3 is 1. The van der Waals surface area contributed by atoms with Gasteiger partial charge in [-0.3, -0.25) is 4.79 Å². The van der Waals surface area contributed by atoms with Gasteiger partial charge in [-0.1, -0.05) is 12.1 Å². The third-order valence-corrected chi connectivity index (χ3v) is 4.72. The van der Waals surface area contributed by atoms with E-state index in [1.54, 1.807) is 13.2 Å². The number of phenols is 1. The summed E-state index contributed by atoms with van der Waals surface area (Å²) >= 11 is 0. The summed E-state index contributed by atoms with van der Waals surface area (Å²) in [5, 5.41) is 26.6. The zero-order valence-corrected chi connectivity index (χ0v) is 16.3. The highest BCUT2D eigenvalue weighted by Gasteiger charge is 2.27. The van der Waals surface area contributed by atoms with Gasteiger partial charge in [0.05, 0.1) is 13.2 Å². The Morgan fingerprint density at radius 1 is 1.25 bits per heavy atom. The Hall–Kier alpha value is -2.77. The van der Waals surface area contributed by atoms with Crippen molar-refractivity contribution in [3.8, 4) is 17.2 Å². The van der Waals surface area contributed by atoms with Crippen molar-refractivity contribution < 1.29 is 24.5 Å². The molecule has 7 heteroatoms. The predicted octanol–water partition coefficient (Wildman–Crippen LogP) is 2.38. The second kappa shape index (κ2) is 8.08. The average Bonchev–Trinajstić information content (AvgIpc) is 2.67. The topological polar surface area (TPSA) is 100 Å². The molecule has 1 aliphatic rings. The Balaban J connectivity index is 1.67. The van der Waals surface area contributed by atoms with Crippen LogP contribution in [0.3, 0.4) is 0 Å². The summed E-state index contributed by atoms with van der Waals surface area (Å²) in [5.74, 6) is 0.691. The van der Waals surface area contributed by atoms with E-state index in [0.29, 0.717) is 11.3 Å². The van der Waals surface area contributed by atoms with Gasteiger partial charge in [-0.2, -0.15) is 0 Å². The number of hydrogen-bond donors (Lipinski definition) is 4. The number of aliphatic hydroxyl groups excluding tert-OH is 1. The number of anilines is 1. The quantitative estimate of drug-likeness (QED) is 0.545. The molecular weight excluding hydrogens is 360 g/mol. The van der Waals surface area contributed by atoms with E-state index < -0.39 is 6.10 Å².